The standard InChI is InChI=1S/C15H21N3O3/c1-2-11-5-7-18(8-6-11)15(21)17-10-12-3-4-13(14(19)20)16-9-12/h3-4,9,11H,2,5-8,10H2,1H3,(H,17,21)(H,19,20). The number of urea groups is 1. The van der Waals surface area contributed by atoms with Gasteiger partial charge in [0.15, 0.2) is 0 Å². The molecule has 2 rings (SSSR count). The zero-order valence-electron chi connectivity index (χ0n) is 12.2. The zero-order chi connectivity index (χ0) is 15.2. The Morgan fingerprint density at radius 3 is 2.62 bits per heavy atom. The van der Waals surface area contributed by atoms with E-state index in [2.05, 4.69) is 17.2 Å². The van der Waals surface area contributed by atoms with Crippen LogP contribution in [0.3, 0.4) is 0 Å². The van der Waals surface area contributed by atoms with Gasteiger partial charge in [-0.2, -0.15) is 0 Å². The van der Waals surface area contributed by atoms with Gasteiger partial charge in [-0.3, -0.25) is 0 Å². The Balaban J connectivity index is 1.80. The van der Waals surface area contributed by atoms with Crippen molar-refractivity contribution in [3.05, 3.63) is 29.6 Å². The predicted octanol–water partition coefficient (Wildman–Crippen LogP) is 2.11. The Labute approximate surface area is 124 Å². The first kappa shape index (κ1) is 15.3. The van der Waals surface area contributed by atoms with Crippen molar-refractivity contribution >= 4 is 12.0 Å². The molecular weight excluding hydrogens is 270 g/mol. The molecule has 0 unspecified atom stereocenters. The number of hydrogen-bond acceptors (Lipinski definition) is 3. The van der Waals surface area contributed by atoms with E-state index in [0.29, 0.717) is 6.54 Å². The highest BCUT2D eigenvalue weighted by Crippen LogP contribution is 2.19. The lowest BCUT2D eigenvalue weighted by atomic mass is 9.95. The summed E-state index contributed by atoms with van der Waals surface area (Å²) >= 11 is 0. The van der Waals surface area contributed by atoms with Crippen LogP contribution >= 0.6 is 0 Å². The number of aromatic nitrogens is 1. The summed E-state index contributed by atoms with van der Waals surface area (Å²) in [6.07, 6.45) is 4.79. The maximum Gasteiger partial charge on any atom is 0.354 e. The van der Waals surface area contributed by atoms with Crippen molar-refractivity contribution in [2.45, 2.75) is 32.7 Å². The fourth-order valence-corrected chi connectivity index (χ4v) is 2.49. The van der Waals surface area contributed by atoms with E-state index in [4.69, 9.17) is 5.11 Å². The van der Waals surface area contributed by atoms with E-state index in [9.17, 15) is 9.59 Å². The second-order valence-electron chi connectivity index (χ2n) is 5.35. The van der Waals surface area contributed by atoms with E-state index in [-0.39, 0.29) is 11.7 Å². The van der Waals surface area contributed by atoms with E-state index in [1.807, 2.05) is 4.90 Å². The smallest absolute Gasteiger partial charge is 0.354 e. The van der Waals surface area contributed by atoms with Gasteiger partial charge in [0.2, 0.25) is 0 Å². The molecule has 1 aromatic rings. The minimum atomic E-state index is -1.05. The van der Waals surface area contributed by atoms with Gasteiger partial charge >= 0.3 is 12.0 Å². The molecule has 2 amide bonds. The molecule has 1 aromatic heterocycles. The van der Waals surface area contributed by atoms with Gasteiger partial charge in [-0.05, 0) is 30.4 Å². The number of nitrogens with one attached hydrogen (secondary N) is 1. The maximum atomic E-state index is 12.0. The number of rotatable bonds is 4. The van der Waals surface area contributed by atoms with Crippen LogP contribution in [0, 0.1) is 5.92 Å². The van der Waals surface area contributed by atoms with Crippen molar-refractivity contribution in [3.63, 3.8) is 0 Å². The highest BCUT2D eigenvalue weighted by molar-refractivity contribution is 5.85. The normalized spacial score (nSPS) is 15.8. The number of likely N-dealkylation sites (tertiary alicyclic amines) is 1. The van der Waals surface area contributed by atoms with Crippen LogP contribution in [-0.2, 0) is 6.54 Å². The molecule has 21 heavy (non-hydrogen) atoms. The van der Waals surface area contributed by atoms with Crippen molar-refractivity contribution < 1.29 is 14.7 Å². The van der Waals surface area contributed by atoms with Crippen molar-refractivity contribution in [2.24, 2.45) is 5.92 Å². The summed E-state index contributed by atoms with van der Waals surface area (Å²) in [5.41, 5.74) is 0.795. The Bertz CT molecular complexity index is 493. The second kappa shape index (κ2) is 7.06. The van der Waals surface area contributed by atoms with Gasteiger partial charge in [-0.1, -0.05) is 19.4 Å². The van der Waals surface area contributed by atoms with Crippen molar-refractivity contribution in [1.29, 1.82) is 0 Å². The monoisotopic (exact) mass is 291 g/mol. The third kappa shape index (κ3) is 4.18. The molecule has 6 heteroatoms. The third-order valence-corrected chi connectivity index (χ3v) is 3.97. The van der Waals surface area contributed by atoms with Gasteiger partial charge in [-0.25, -0.2) is 14.6 Å². The number of aromatic carboxylic acids is 1. The highest BCUT2D eigenvalue weighted by Gasteiger charge is 2.21. The molecular formula is C15H21N3O3. The van der Waals surface area contributed by atoms with E-state index in [1.54, 1.807) is 6.07 Å². The van der Waals surface area contributed by atoms with Crippen LogP contribution in [-0.4, -0.2) is 40.1 Å². The number of amides is 2. The van der Waals surface area contributed by atoms with Gasteiger partial charge in [-0.15, -0.1) is 0 Å². The van der Waals surface area contributed by atoms with Gasteiger partial charge in [0.05, 0.1) is 0 Å². The average molecular weight is 291 g/mol. The Kier molecular flexibility index (Phi) is 5.14. The fourth-order valence-electron chi connectivity index (χ4n) is 2.49. The lowest BCUT2D eigenvalue weighted by Gasteiger charge is -2.31. The molecule has 1 aliphatic heterocycles. The number of pyridine rings is 1. The first-order chi connectivity index (χ1) is 10.1. The van der Waals surface area contributed by atoms with Crippen LogP contribution in [0.2, 0.25) is 0 Å². The molecule has 0 spiro atoms. The largest absolute Gasteiger partial charge is 0.477 e. The number of carboxylic acids is 1. The van der Waals surface area contributed by atoms with E-state index in [0.717, 1.165) is 37.4 Å². The van der Waals surface area contributed by atoms with E-state index >= 15 is 0 Å². The number of hydrogen-bond donors (Lipinski definition) is 2. The quantitative estimate of drug-likeness (QED) is 0.890. The molecule has 0 radical (unpaired) electrons. The summed E-state index contributed by atoms with van der Waals surface area (Å²) in [6.45, 7) is 4.16. The summed E-state index contributed by atoms with van der Waals surface area (Å²) in [5, 5.41) is 11.6. The van der Waals surface area contributed by atoms with Gasteiger partial charge in [0, 0.05) is 25.8 Å². The van der Waals surface area contributed by atoms with Gasteiger partial charge in [0.25, 0.3) is 0 Å². The Hall–Kier alpha value is -2.11. The van der Waals surface area contributed by atoms with Crippen LogP contribution in [0.5, 0.6) is 0 Å². The molecule has 0 saturated carbocycles. The highest BCUT2D eigenvalue weighted by atomic mass is 16.4. The van der Waals surface area contributed by atoms with E-state index < -0.39 is 5.97 Å². The van der Waals surface area contributed by atoms with E-state index in [1.165, 1.54) is 18.7 Å². The second-order valence-corrected chi connectivity index (χ2v) is 5.35. The van der Waals surface area contributed by atoms with Crippen LogP contribution in [0.4, 0.5) is 4.79 Å². The molecule has 0 bridgehead atoms. The molecule has 1 aliphatic rings. The number of carboxylic acid groups (broad SMARTS) is 1. The molecule has 1 fully saturated rings. The minimum Gasteiger partial charge on any atom is -0.477 e. The summed E-state index contributed by atoms with van der Waals surface area (Å²) in [4.78, 5) is 28.4. The lowest BCUT2D eigenvalue weighted by molar-refractivity contribution is 0.0690. The number of nitrogens with zero attached hydrogens (tertiary/aromatic N) is 2. The molecule has 0 aliphatic carbocycles. The number of carbonyl (C=O) groups is 2. The molecule has 0 atom stereocenters. The molecule has 2 heterocycles. The zero-order valence-corrected chi connectivity index (χ0v) is 12.2. The number of piperidine rings is 1. The van der Waals surface area contributed by atoms with Crippen LogP contribution in [0.1, 0.15) is 42.2 Å². The average Bonchev–Trinajstić information content (AvgIpc) is 2.53. The number of carbonyl (C=O) groups excluding carboxylic acids is 1. The predicted molar refractivity (Wildman–Crippen MR) is 78.0 cm³/mol. The van der Waals surface area contributed by atoms with Crippen LogP contribution in [0.25, 0.3) is 0 Å². The molecule has 2 N–H and O–H groups in total. The third-order valence-electron chi connectivity index (χ3n) is 3.97. The first-order valence-electron chi connectivity index (χ1n) is 7.31. The topological polar surface area (TPSA) is 82.5 Å². The Morgan fingerprint density at radius 2 is 2.10 bits per heavy atom. The van der Waals surface area contributed by atoms with Gasteiger partial charge in [0.1, 0.15) is 5.69 Å². The minimum absolute atomic E-state index is 0.00622. The summed E-state index contributed by atoms with van der Waals surface area (Å²) in [5.74, 6) is -0.314. The van der Waals surface area contributed by atoms with Crippen LogP contribution < -0.4 is 5.32 Å². The lowest BCUT2D eigenvalue weighted by Crippen LogP contribution is -2.44. The molecule has 1 saturated heterocycles. The van der Waals surface area contributed by atoms with Crippen molar-refractivity contribution in [3.8, 4) is 0 Å². The summed E-state index contributed by atoms with van der Waals surface area (Å²) in [6, 6.07) is 3.04. The van der Waals surface area contributed by atoms with Crippen molar-refractivity contribution in [1.82, 2.24) is 15.2 Å². The molecule has 6 nitrogen and oxygen atoms in total. The summed E-state index contributed by atoms with van der Waals surface area (Å²) < 4.78 is 0. The fraction of sp³-hybridized carbons (Fsp3) is 0.533. The van der Waals surface area contributed by atoms with Crippen molar-refractivity contribution in [2.75, 3.05) is 13.1 Å². The SMILES string of the molecule is CCC1CCN(C(=O)NCc2ccc(C(=O)O)nc2)CC1. The maximum absolute atomic E-state index is 12.0. The van der Waals surface area contributed by atoms with Crippen LogP contribution in [0.15, 0.2) is 18.3 Å². The molecule has 0 aromatic carbocycles. The first-order valence-corrected chi connectivity index (χ1v) is 7.31. The Morgan fingerprint density at radius 1 is 1.38 bits per heavy atom. The summed E-state index contributed by atoms with van der Waals surface area (Å²) in [7, 11) is 0. The molecule has 114 valence electrons. The van der Waals surface area contributed by atoms with Gasteiger partial charge < -0.3 is 15.3 Å².